The molecule has 5 nitrogen and oxygen atoms in total. The van der Waals surface area contributed by atoms with E-state index in [0.717, 1.165) is 24.9 Å². The lowest BCUT2D eigenvalue weighted by Crippen LogP contribution is -2.30. The minimum absolute atomic E-state index is 0.220. The molecule has 1 amide bonds. The van der Waals surface area contributed by atoms with E-state index < -0.39 is 0 Å². The highest BCUT2D eigenvalue weighted by Gasteiger charge is 2.27. The summed E-state index contributed by atoms with van der Waals surface area (Å²) in [6, 6.07) is 3.81. The van der Waals surface area contributed by atoms with Crippen LogP contribution in [0.1, 0.15) is 38.7 Å². The van der Waals surface area contributed by atoms with Crippen LogP contribution in [-0.2, 0) is 11.3 Å². The Morgan fingerprint density at radius 2 is 2.26 bits per heavy atom. The first-order valence-electron chi connectivity index (χ1n) is 6.70. The molecule has 19 heavy (non-hydrogen) atoms. The van der Waals surface area contributed by atoms with E-state index in [1.165, 1.54) is 0 Å². The third kappa shape index (κ3) is 3.44. The predicted octanol–water partition coefficient (Wildman–Crippen LogP) is 1.91. The van der Waals surface area contributed by atoms with Gasteiger partial charge in [-0.2, -0.15) is 0 Å². The monoisotopic (exact) mass is 262 g/mol. The third-order valence-electron chi connectivity index (χ3n) is 3.82. The van der Waals surface area contributed by atoms with Crippen LogP contribution in [0, 0.1) is 5.41 Å². The van der Waals surface area contributed by atoms with Gasteiger partial charge in [0.25, 0.3) is 0 Å². The first kappa shape index (κ1) is 13.8. The van der Waals surface area contributed by atoms with Gasteiger partial charge < -0.3 is 10.3 Å². The van der Waals surface area contributed by atoms with E-state index >= 15 is 0 Å². The molecule has 5 heteroatoms. The Kier molecular flexibility index (Phi) is 4.04. The highest BCUT2D eigenvalue weighted by molar-refractivity contribution is 5.76. The SMILES string of the molecule is CC1(C)CCC(=O)N(Cc2cccnc2NN)CC1. The molecule has 0 unspecified atom stereocenters. The highest BCUT2D eigenvalue weighted by Crippen LogP contribution is 2.31. The number of carbonyl (C=O) groups excluding carboxylic acids is 1. The molecular weight excluding hydrogens is 240 g/mol. The van der Waals surface area contributed by atoms with Crippen molar-refractivity contribution in [3.05, 3.63) is 23.9 Å². The fourth-order valence-corrected chi connectivity index (χ4v) is 2.36. The molecule has 1 aliphatic rings. The molecule has 0 radical (unpaired) electrons. The molecule has 0 spiro atoms. The largest absolute Gasteiger partial charge is 0.338 e. The molecule has 0 atom stereocenters. The van der Waals surface area contributed by atoms with Crippen LogP contribution < -0.4 is 11.3 Å². The lowest BCUT2D eigenvalue weighted by molar-refractivity contribution is -0.131. The Bertz CT molecular complexity index is 459. The van der Waals surface area contributed by atoms with Gasteiger partial charge in [-0.15, -0.1) is 0 Å². The summed E-state index contributed by atoms with van der Waals surface area (Å²) in [6.45, 7) is 5.81. The van der Waals surface area contributed by atoms with Gasteiger partial charge in [0.2, 0.25) is 5.91 Å². The Morgan fingerprint density at radius 3 is 3.00 bits per heavy atom. The van der Waals surface area contributed by atoms with E-state index in [1.807, 2.05) is 17.0 Å². The average Bonchev–Trinajstić information content (AvgIpc) is 2.52. The molecule has 1 fully saturated rings. The molecule has 2 heterocycles. The molecule has 1 saturated heterocycles. The average molecular weight is 262 g/mol. The Labute approximate surface area is 114 Å². The fraction of sp³-hybridized carbons (Fsp3) is 0.571. The maximum absolute atomic E-state index is 12.2. The molecule has 104 valence electrons. The maximum Gasteiger partial charge on any atom is 0.222 e. The number of anilines is 1. The zero-order valence-corrected chi connectivity index (χ0v) is 11.6. The van der Waals surface area contributed by atoms with E-state index in [9.17, 15) is 4.79 Å². The van der Waals surface area contributed by atoms with Gasteiger partial charge in [0.1, 0.15) is 5.82 Å². The number of hydrazine groups is 1. The van der Waals surface area contributed by atoms with Gasteiger partial charge in [-0.3, -0.25) is 4.79 Å². The van der Waals surface area contributed by atoms with Crippen LogP contribution in [0.15, 0.2) is 18.3 Å². The maximum atomic E-state index is 12.2. The molecule has 0 aliphatic carbocycles. The van der Waals surface area contributed by atoms with Crippen LogP contribution in [0.4, 0.5) is 5.82 Å². The molecule has 0 bridgehead atoms. The van der Waals surface area contributed by atoms with E-state index in [1.54, 1.807) is 6.20 Å². The number of nitrogens with two attached hydrogens (primary N) is 1. The van der Waals surface area contributed by atoms with Crippen LogP contribution in [0.5, 0.6) is 0 Å². The Hall–Kier alpha value is -1.62. The number of pyridine rings is 1. The fourth-order valence-electron chi connectivity index (χ4n) is 2.36. The lowest BCUT2D eigenvalue weighted by atomic mass is 9.85. The van der Waals surface area contributed by atoms with Crippen LogP contribution in [0.3, 0.4) is 0 Å². The second-order valence-corrected chi connectivity index (χ2v) is 5.88. The standard InChI is InChI=1S/C14H22N4O/c1-14(2)6-5-12(19)18(9-7-14)10-11-4-3-8-16-13(11)17-15/h3-4,8H,5-7,9-10,15H2,1-2H3,(H,16,17). The van der Waals surface area contributed by atoms with E-state index in [2.05, 4.69) is 24.3 Å². The summed E-state index contributed by atoms with van der Waals surface area (Å²) in [7, 11) is 0. The van der Waals surface area contributed by atoms with E-state index in [4.69, 9.17) is 5.84 Å². The summed E-state index contributed by atoms with van der Waals surface area (Å²) in [6.07, 6.45) is 4.30. The van der Waals surface area contributed by atoms with Gasteiger partial charge in [-0.05, 0) is 24.3 Å². The van der Waals surface area contributed by atoms with Crippen molar-refractivity contribution >= 4 is 11.7 Å². The molecule has 1 aliphatic heterocycles. The van der Waals surface area contributed by atoms with Gasteiger partial charge in [0.05, 0.1) is 0 Å². The van der Waals surface area contributed by atoms with Crippen LogP contribution in [-0.4, -0.2) is 22.3 Å². The second-order valence-electron chi connectivity index (χ2n) is 5.88. The Balaban J connectivity index is 2.11. The summed E-state index contributed by atoms with van der Waals surface area (Å²) in [4.78, 5) is 18.2. The number of aromatic nitrogens is 1. The number of nitrogen functional groups attached to an aromatic ring is 1. The number of nitrogens with one attached hydrogen (secondary N) is 1. The number of nitrogens with zero attached hydrogens (tertiary/aromatic N) is 2. The minimum Gasteiger partial charge on any atom is -0.338 e. The van der Waals surface area contributed by atoms with Crippen molar-refractivity contribution in [1.29, 1.82) is 0 Å². The first-order valence-corrected chi connectivity index (χ1v) is 6.70. The molecule has 0 saturated carbocycles. The number of hydrogen-bond acceptors (Lipinski definition) is 4. The van der Waals surface area contributed by atoms with Crippen LogP contribution in [0.25, 0.3) is 0 Å². The predicted molar refractivity (Wildman–Crippen MR) is 75.1 cm³/mol. The smallest absolute Gasteiger partial charge is 0.222 e. The van der Waals surface area contributed by atoms with Crippen molar-refractivity contribution in [3.63, 3.8) is 0 Å². The number of carbonyl (C=O) groups is 1. The van der Waals surface area contributed by atoms with Gasteiger partial charge in [0, 0.05) is 31.3 Å². The summed E-state index contributed by atoms with van der Waals surface area (Å²) in [5.41, 5.74) is 3.78. The molecule has 3 N–H and O–H groups in total. The van der Waals surface area contributed by atoms with Crippen molar-refractivity contribution in [2.24, 2.45) is 11.3 Å². The van der Waals surface area contributed by atoms with Crippen LogP contribution >= 0.6 is 0 Å². The van der Waals surface area contributed by atoms with E-state index in [-0.39, 0.29) is 11.3 Å². The quantitative estimate of drug-likeness (QED) is 0.645. The number of hydrogen-bond donors (Lipinski definition) is 2. The first-order chi connectivity index (χ1) is 9.02. The summed E-state index contributed by atoms with van der Waals surface area (Å²) >= 11 is 0. The van der Waals surface area contributed by atoms with Crippen molar-refractivity contribution in [3.8, 4) is 0 Å². The summed E-state index contributed by atoms with van der Waals surface area (Å²) in [5, 5.41) is 0. The minimum atomic E-state index is 0.220. The highest BCUT2D eigenvalue weighted by atomic mass is 16.2. The van der Waals surface area contributed by atoms with Gasteiger partial charge >= 0.3 is 0 Å². The number of rotatable bonds is 3. The third-order valence-corrected chi connectivity index (χ3v) is 3.82. The van der Waals surface area contributed by atoms with Gasteiger partial charge in [0.15, 0.2) is 0 Å². The topological polar surface area (TPSA) is 71.2 Å². The number of amides is 1. The molecule has 1 aromatic heterocycles. The van der Waals surface area contributed by atoms with Crippen molar-refractivity contribution in [2.75, 3.05) is 12.0 Å². The zero-order valence-electron chi connectivity index (χ0n) is 11.6. The zero-order chi connectivity index (χ0) is 13.9. The van der Waals surface area contributed by atoms with Gasteiger partial charge in [-0.1, -0.05) is 19.9 Å². The van der Waals surface area contributed by atoms with Crippen LogP contribution in [0.2, 0.25) is 0 Å². The van der Waals surface area contributed by atoms with Crippen molar-refractivity contribution < 1.29 is 4.79 Å². The summed E-state index contributed by atoms with van der Waals surface area (Å²) in [5.74, 6) is 6.31. The molecular formula is C14H22N4O. The van der Waals surface area contributed by atoms with E-state index in [0.29, 0.717) is 18.8 Å². The molecule has 0 aromatic carbocycles. The van der Waals surface area contributed by atoms with Gasteiger partial charge in [-0.25, -0.2) is 10.8 Å². The second kappa shape index (κ2) is 5.57. The normalized spacial score (nSPS) is 19.1. The summed E-state index contributed by atoms with van der Waals surface area (Å²) < 4.78 is 0. The molecule has 2 rings (SSSR count). The van der Waals surface area contributed by atoms with Crippen molar-refractivity contribution in [1.82, 2.24) is 9.88 Å². The lowest BCUT2D eigenvalue weighted by Gasteiger charge is -2.24. The van der Waals surface area contributed by atoms with Crippen molar-refractivity contribution in [2.45, 2.75) is 39.7 Å². The number of likely N-dealkylation sites (tertiary alicyclic amines) is 1. The molecule has 1 aromatic rings. The Morgan fingerprint density at radius 1 is 1.47 bits per heavy atom.